The summed E-state index contributed by atoms with van der Waals surface area (Å²) < 4.78 is 32.0. The van der Waals surface area contributed by atoms with Crippen molar-refractivity contribution in [3.8, 4) is 11.8 Å². The Kier molecular flexibility index (Phi) is 31.4. The van der Waals surface area contributed by atoms with Crippen LogP contribution >= 0.6 is 34.4 Å². The minimum absolute atomic E-state index is 0.000473. The minimum atomic E-state index is -1.69. The molecule has 5 heterocycles. The standard InChI is InChI=1S/C68H93FIN11O14S/c1-49(66(91)79-25-21-51(22-26-79)9-7-35-95-55-17-19-59-58(36-55)57(20-24-72-59)65(90)74-40-63(87)81-44-68(2,69)38-53(81)39-71)41-80-62(86)37-60(67(80)92)96-56(10-4-3-5-23-73-61(85)11-6-8-50-12-14-52(70)15-13-50)18-16-54(84)42-75-27-28-76(43-64(88)89)30-32-78(46-94-48-83)34-33-77(31-29-75)45-93-47-82/h12-15,17,19-20,24,36,47-49,51,53,56,60H,3-11,16,18,21-23,25-35,37-38,40-46H2,1-2H3,(H,73,85)(H,74,90)(H,88,89)/t49?,53-,56?,60?,68?/m1/s1. The predicted octanol–water partition coefficient (Wildman–Crippen LogP) is 5.30. The van der Waals surface area contributed by atoms with Crippen molar-refractivity contribution >= 4 is 105 Å². The van der Waals surface area contributed by atoms with Crippen LogP contribution in [-0.2, 0) is 59.0 Å². The summed E-state index contributed by atoms with van der Waals surface area (Å²) in [5.74, 6) is -2.71. The number of Topliss-reactive ketones (excluding diaryl/α,β-unsaturated/α-hetero) is 1. The molecule has 1 aromatic heterocycles. The third-order valence-corrected chi connectivity index (χ3v) is 20.4. The first-order valence-electron chi connectivity index (χ1n) is 33.4. The van der Waals surface area contributed by atoms with E-state index in [9.17, 15) is 62.7 Å². The van der Waals surface area contributed by atoms with Gasteiger partial charge in [-0.1, -0.05) is 31.9 Å². The van der Waals surface area contributed by atoms with Crippen molar-refractivity contribution in [2.45, 2.75) is 132 Å². The number of nitrogens with zero attached hydrogens (tertiary/aromatic N) is 9. The van der Waals surface area contributed by atoms with Crippen LogP contribution in [-0.4, -0.2) is 252 Å². The number of carbonyl (C=O) groups is 10. The largest absolute Gasteiger partial charge is 0.494 e. The first-order valence-corrected chi connectivity index (χ1v) is 35.4. The summed E-state index contributed by atoms with van der Waals surface area (Å²) in [4.78, 5) is 145. The molecule has 3 N–H and O–H groups in total. The van der Waals surface area contributed by atoms with E-state index in [1.807, 2.05) is 25.7 Å². The van der Waals surface area contributed by atoms with Crippen LogP contribution in [0, 0.1) is 26.7 Å². The number of alkyl halides is 1. The second kappa shape index (κ2) is 39.5. The molecule has 4 unspecified atom stereocenters. The molecule has 25 nitrogen and oxygen atoms in total. The monoisotopic (exact) mass is 1470 g/mol. The lowest BCUT2D eigenvalue weighted by Gasteiger charge is -2.34. The maximum atomic E-state index is 14.6. The number of thioether (sulfide) groups is 1. The highest BCUT2D eigenvalue weighted by Gasteiger charge is 2.44. The Bertz CT molecular complexity index is 3160. The lowest BCUT2D eigenvalue weighted by molar-refractivity contribution is -0.143. The van der Waals surface area contributed by atoms with Gasteiger partial charge in [-0.25, -0.2) is 4.39 Å². The normalized spacial score (nSPS) is 20.4. The van der Waals surface area contributed by atoms with Crippen LogP contribution in [0.5, 0.6) is 5.75 Å². The van der Waals surface area contributed by atoms with Crippen LogP contribution in [0.15, 0.2) is 54.7 Å². The van der Waals surface area contributed by atoms with Crippen LogP contribution in [0.1, 0.15) is 120 Å². The number of aliphatic carboxylic acids is 1. The zero-order chi connectivity index (χ0) is 69.0. The number of ketones is 1. The molecule has 4 aliphatic rings. The number of piperidine rings is 1. The lowest BCUT2D eigenvalue weighted by atomic mass is 9.91. The fourth-order valence-corrected chi connectivity index (χ4v) is 14.5. The zero-order valence-corrected chi connectivity index (χ0v) is 58.2. The first-order chi connectivity index (χ1) is 46.2. The van der Waals surface area contributed by atoms with Gasteiger partial charge in [-0.3, -0.25) is 77.4 Å². The Morgan fingerprint density at radius 2 is 1.50 bits per heavy atom. The molecule has 28 heteroatoms. The number of nitrogens with one attached hydrogen (secondary N) is 2. The number of carboxylic acid groups (broad SMARTS) is 1. The highest BCUT2D eigenvalue weighted by atomic mass is 127. The van der Waals surface area contributed by atoms with E-state index >= 15 is 0 Å². The number of fused-ring (bicyclic) bond motifs is 1. The number of hydrogen-bond acceptors (Lipinski definition) is 20. The summed E-state index contributed by atoms with van der Waals surface area (Å²) in [6.45, 7) is 8.11. The van der Waals surface area contributed by atoms with Crippen LogP contribution in [0.2, 0.25) is 0 Å². The molecule has 2 aromatic carbocycles. The van der Waals surface area contributed by atoms with E-state index in [0.29, 0.717) is 133 Å². The van der Waals surface area contributed by atoms with Crippen molar-refractivity contribution in [2.75, 3.05) is 125 Å². The number of amides is 6. The maximum Gasteiger partial charge on any atom is 0.317 e. The third kappa shape index (κ3) is 25.2. The number of carboxylic acids is 1. The summed E-state index contributed by atoms with van der Waals surface area (Å²) in [6, 6.07) is 16.1. The maximum absolute atomic E-state index is 14.6. The van der Waals surface area contributed by atoms with Gasteiger partial charge in [0, 0.05) is 125 Å². The lowest BCUT2D eigenvalue weighted by Crippen LogP contribution is -2.48. The Morgan fingerprint density at radius 3 is 2.16 bits per heavy atom. The van der Waals surface area contributed by atoms with Gasteiger partial charge in [-0.2, -0.15) is 5.26 Å². The second-order valence-corrected chi connectivity index (χ2v) is 28.4. The Hall–Kier alpha value is -6.91. The molecule has 3 aromatic rings. The number of unbranched alkanes of at least 4 members (excludes halogenated alkanes) is 2. The molecule has 0 bridgehead atoms. The number of hydrogen-bond donors (Lipinski definition) is 3. The first kappa shape index (κ1) is 76.5. The van der Waals surface area contributed by atoms with E-state index in [2.05, 4.69) is 62.5 Å². The molecule has 0 radical (unpaired) electrons. The number of likely N-dealkylation sites (tertiary alicyclic amines) is 3. The number of aromatic nitrogens is 1. The van der Waals surface area contributed by atoms with Crippen molar-refractivity contribution in [2.24, 2.45) is 11.8 Å². The molecule has 96 heavy (non-hydrogen) atoms. The molecule has 0 spiro atoms. The molecule has 4 saturated heterocycles. The molecular formula is C68H93FIN11O14S. The number of ether oxygens (including phenoxy) is 3. The van der Waals surface area contributed by atoms with Gasteiger partial charge in [0.15, 0.2) is 0 Å². The van der Waals surface area contributed by atoms with E-state index in [-0.39, 0.29) is 99.1 Å². The van der Waals surface area contributed by atoms with E-state index in [4.69, 9.17) is 14.2 Å². The Balaban J connectivity index is 0.877. The molecule has 0 saturated carbocycles. The van der Waals surface area contributed by atoms with Crippen molar-refractivity contribution in [1.82, 2.24) is 49.9 Å². The van der Waals surface area contributed by atoms with Crippen molar-refractivity contribution in [3.63, 3.8) is 0 Å². The van der Waals surface area contributed by atoms with Crippen molar-refractivity contribution in [3.05, 3.63) is 69.4 Å². The topological polar surface area (TPSA) is 302 Å². The van der Waals surface area contributed by atoms with Gasteiger partial charge in [-0.05, 0) is 135 Å². The van der Waals surface area contributed by atoms with Crippen LogP contribution in [0.3, 0.4) is 0 Å². The number of nitriles is 1. The van der Waals surface area contributed by atoms with Crippen molar-refractivity contribution in [1.29, 1.82) is 5.26 Å². The van der Waals surface area contributed by atoms with E-state index in [1.54, 1.807) is 36.1 Å². The quantitative estimate of drug-likeness (QED) is 0.0288. The number of halogens is 2. The van der Waals surface area contributed by atoms with Gasteiger partial charge in [0.25, 0.3) is 18.9 Å². The van der Waals surface area contributed by atoms with Crippen LogP contribution in [0.4, 0.5) is 4.39 Å². The fourth-order valence-electron chi connectivity index (χ4n) is 12.7. The van der Waals surface area contributed by atoms with Gasteiger partial charge in [-0.15, -0.1) is 11.8 Å². The number of rotatable bonds is 36. The number of benzene rings is 2. The molecule has 5 atom stereocenters. The highest BCUT2D eigenvalue weighted by molar-refractivity contribution is 14.1. The van der Waals surface area contributed by atoms with Gasteiger partial charge in [0.05, 0.1) is 61.1 Å². The van der Waals surface area contributed by atoms with Crippen LogP contribution in [0.25, 0.3) is 10.9 Å². The zero-order valence-electron chi connectivity index (χ0n) is 55.2. The summed E-state index contributed by atoms with van der Waals surface area (Å²) >= 11 is 3.67. The average molecular weight is 1470 g/mol. The molecule has 4 fully saturated rings. The number of aryl methyl sites for hydroxylation is 1. The number of pyridine rings is 1. The fraction of sp³-hybridized carbons (Fsp3) is 0.618. The van der Waals surface area contributed by atoms with Gasteiger partial charge in [0.2, 0.25) is 29.5 Å². The summed E-state index contributed by atoms with van der Waals surface area (Å²) in [6.07, 6.45) is 10.0. The molecule has 0 aliphatic carbocycles. The number of carbonyl (C=O) groups excluding carboxylic acids is 9. The average Bonchev–Trinajstić information content (AvgIpc) is 1.13. The second-order valence-electron chi connectivity index (χ2n) is 25.7. The Morgan fingerprint density at radius 1 is 0.833 bits per heavy atom. The molecule has 7 rings (SSSR count). The van der Waals surface area contributed by atoms with Crippen molar-refractivity contribution < 1.29 is 71.7 Å². The van der Waals surface area contributed by atoms with E-state index in [1.165, 1.54) is 35.3 Å². The Labute approximate surface area is 579 Å². The molecular weight excluding hydrogens is 1370 g/mol. The van der Waals surface area contributed by atoms with E-state index in [0.717, 1.165) is 66.3 Å². The summed E-state index contributed by atoms with van der Waals surface area (Å²) in [7, 11) is 0. The molecule has 4 aliphatic heterocycles. The van der Waals surface area contributed by atoms with Crippen LogP contribution < -0.4 is 15.4 Å². The minimum Gasteiger partial charge on any atom is -0.494 e. The highest BCUT2D eigenvalue weighted by Crippen LogP contribution is 2.35. The van der Waals surface area contributed by atoms with Gasteiger partial charge in [0.1, 0.15) is 36.7 Å². The summed E-state index contributed by atoms with van der Waals surface area (Å²) in [5, 5.41) is 24.5. The smallest absolute Gasteiger partial charge is 0.317 e. The van der Waals surface area contributed by atoms with E-state index < -0.39 is 47.2 Å². The number of imide groups is 1. The summed E-state index contributed by atoms with van der Waals surface area (Å²) in [5.41, 5.74) is 0.328. The molecule has 524 valence electrons. The SMILES string of the molecule is CC(CN1C(=O)CC(SC(CCCCCNC(=O)CCCc2ccc(I)cc2)CCC(=O)CN2CCN(COC=O)CCN(COC=O)CCN(CC(=O)O)CC2)C1=O)C(=O)N1CCC(CCCOc2ccc3nccc(C(=O)NCC(=O)N4CC(C)(F)C[C@@H]4C#N)c3c2)CC1. The van der Waals surface area contributed by atoms with Gasteiger partial charge >= 0.3 is 5.97 Å². The van der Waals surface area contributed by atoms with Gasteiger partial charge < -0.3 is 39.8 Å². The molecule has 6 amide bonds. The predicted molar refractivity (Wildman–Crippen MR) is 365 cm³/mol. The third-order valence-electron chi connectivity index (χ3n) is 18.1.